The number of aliphatic hydroxyl groups excluding tert-OH is 1. The quantitative estimate of drug-likeness (QED) is 0.537. The fraction of sp³-hybridized carbons (Fsp3) is 0.545. The maximum Gasteiger partial charge on any atom is 0.227 e. The van der Waals surface area contributed by atoms with E-state index in [9.17, 15) is 14.7 Å². The van der Waals surface area contributed by atoms with Crippen molar-refractivity contribution >= 4 is 11.6 Å². The van der Waals surface area contributed by atoms with Crippen molar-refractivity contribution in [3.63, 3.8) is 0 Å². The lowest BCUT2D eigenvalue weighted by Crippen LogP contribution is -2.27. The molecule has 4 heteroatoms. The van der Waals surface area contributed by atoms with Crippen molar-refractivity contribution in [2.75, 3.05) is 7.11 Å². The number of carbonyl (C=O) groups is 2. The molecule has 2 rings (SSSR count). The predicted molar refractivity (Wildman–Crippen MR) is 103 cm³/mol. The summed E-state index contributed by atoms with van der Waals surface area (Å²) in [6, 6.07) is 0. The van der Waals surface area contributed by atoms with Crippen molar-refractivity contribution < 1.29 is 19.4 Å². The van der Waals surface area contributed by atoms with E-state index in [2.05, 4.69) is 26.8 Å². The normalized spacial score (nSPS) is 23.7. The number of methoxy groups -OCH3 is 1. The van der Waals surface area contributed by atoms with E-state index in [4.69, 9.17) is 4.74 Å². The van der Waals surface area contributed by atoms with Crippen LogP contribution in [0.3, 0.4) is 0 Å². The first-order chi connectivity index (χ1) is 12.2. The molecule has 0 spiro atoms. The number of allylic oxidation sites excluding steroid dienone is 6. The fourth-order valence-corrected chi connectivity index (χ4v) is 3.97. The van der Waals surface area contributed by atoms with Crippen LogP contribution in [-0.4, -0.2) is 23.8 Å². The van der Waals surface area contributed by atoms with Gasteiger partial charge in [-0.1, -0.05) is 37.1 Å². The van der Waals surface area contributed by atoms with Gasteiger partial charge in [0.25, 0.3) is 0 Å². The van der Waals surface area contributed by atoms with Gasteiger partial charge in [-0.2, -0.15) is 0 Å². The van der Waals surface area contributed by atoms with Gasteiger partial charge in [0, 0.05) is 6.08 Å². The number of ether oxygens (including phenoxy) is 1. The van der Waals surface area contributed by atoms with Crippen LogP contribution in [0.2, 0.25) is 0 Å². The minimum absolute atomic E-state index is 0.0152. The van der Waals surface area contributed by atoms with Gasteiger partial charge in [0.15, 0.2) is 11.5 Å². The first-order valence-electron chi connectivity index (χ1n) is 9.26. The number of aliphatic hydroxyl groups is 1. The van der Waals surface area contributed by atoms with E-state index in [1.165, 1.54) is 19.1 Å². The highest BCUT2D eigenvalue weighted by molar-refractivity contribution is 6.20. The summed E-state index contributed by atoms with van der Waals surface area (Å²) in [5.74, 6) is -0.910. The summed E-state index contributed by atoms with van der Waals surface area (Å²) < 4.78 is 4.94. The van der Waals surface area contributed by atoms with Gasteiger partial charge >= 0.3 is 0 Å². The van der Waals surface area contributed by atoms with Gasteiger partial charge in [0.2, 0.25) is 11.6 Å². The molecule has 0 heterocycles. The van der Waals surface area contributed by atoms with Crippen molar-refractivity contribution in [1.29, 1.82) is 0 Å². The van der Waals surface area contributed by atoms with Gasteiger partial charge in [-0.25, -0.2) is 0 Å². The standard InChI is InChI=1S/C22H30O4/c1-14(9-11-17-15(2)7-6-12-22(17,3)4)8-10-16-20(24)18(23)13-19(26-5)21(16)25/h7-8,13,17,24H,6,9-12H2,1-5H3. The molecule has 2 aliphatic carbocycles. The molecule has 0 saturated heterocycles. The maximum absolute atomic E-state index is 12.3. The van der Waals surface area contributed by atoms with E-state index in [-0.39, 0.29) is 17.8 Å². The van der Waals surface area contributed by atoms with Crippen LogP contribution in [0.25, 0.3) is 0 Å². The van der Waals surface area contributed by atoms with Crippen LogP contribution in [-0.2, 0) is 14.3 Å². The number of hydrogen-bond donors (Lipinski definition) is 1. The van der Waals surface area contributed by atoms with Crippen LogP contribution < -0.4 is 0 Å². The molecule has 1 unspecified atom stereocenters. The molecule has 4 nitrogen and oxygen atoms in total. The second-order valence-electron chi connectivity index (χ2n) is 8.05. The first-order valence-corrected chi connectivity index (χ1v) is 9.26. The predicted octanol–water partition coefficient (Wildman–Crippen LogP) is 4.98. The van der Waals surface area contributed by atoms with Crippen LogP contribution in [0, 0.1) is 11.3 Å². The van der Waals surface area contributed by atoms with Crippen LogP contribution >= 0.6 is 0 Å². The zero-order valence-corrected chi connectivity index (χ0v) is 16.5. The summed E-state index contributed by atoms with van der Waals surface area (Å²) >= 11 is 0. The minimum atomic E-state index is -0.577. The van der Waals surface area contributed by atoms with Crippen LogP contribution in [0.15, 0.2) is 46.5 Å². The molecule has 0 saturated carbocycles. The van der Waals surface area contributed by atoms with Crippen molar-refractivity contribution in [3.8, 4) is 0 Å². The molecule has 0 aromatic carbocycles. The van der Waals surface area contributed by atoms with Crippen LogP contribution in [0.1, 0.15) is 59.8 Å². The van der Waals surface area contributed by atoms with E-state index in [1.54, 1.807) is 0 Å². The van der Waals surface area contributed by atoms with Gasteiger partial charge in [0.05, 0.1) is 12.7 Å². The molecule has 1 atom stereocenters. The highest BCUT2D eigenvalue weighted by Crippen LogP contribution is 2.43. The third-order valence-electron chi connectivity index (χ3n) is 5.73. The summed E-state index contributed by atoms with van der Waals surface area (Å²) in [5.41, 5.74) is 3.05. The number of Topliss-reactive ketones (excluding diaryl/α,β-unsaturated/α-hetero) is 1. The van der Waals surface area contributed by atoms with Gasteiger partial charge in [0.1, 0.15) is 0 Å². The zero-order valence-electron chi connectivity index (χ0n) is 16.5. The Labute approximate surface area is 156 Å². The van der Waals surface area contributed by atoms with E-state index in [0.29, 0.717) is 11.3 Å². The Morgan fingerprint density at radius 3 is 2.69 bits per heavy atom. The van der Waals surface area contributed by atoms with Crippen LogP contribution in [0.4, 0.5) is 0 Å². The molecule has 0 amide bonds. The number of rotatable bonds is 6. The average Bonchev–Trinajstić information content (AvgIpc) is 2.57. The Morgan fingerprint density at radius 2 is 2.08 bits per heavy atom. The Morgan fingerprint density at radius 1 is 1.38 bits per heavy atom. The molecular weight excluding hydrogens is 328 g/mol. The average molecular weight is 358 g/mol. The Kier molecular flexibility index (Phi) is 6.27. The highest BCUT2D eigenvalue weighted by atomic mass is 16.5. The third kappa shape index (κ3) is 4.35. The van der Waals surface area contributed by atoms with E-state index < -0.39 is 17.3 Å². The first kappa shape index (κ1) is 20.2. The van der Waals surface area contributed by atoms with E-state index in [1.807, 2.05) is 13.0 Å². The number of carbonyl (C=O) groups excluding carboxylic acids is 2. The van der Waals surface area contributed by atoms with E-state index in [0.717, 1.165) is 30.9 Å². The smallest absolute Gasteiger partial charge is 0.227 e. The third-order valence-corrected chi connectivity index (χ3v) is 5.73. The number of ketones is 2. The molecule has 0 radical (unpaired) electrons. The lowest BCUT2D eigenvalue weighted by molar-refractivity contribution is -0.119. The monoisotopic (exact) mass is 358 g/mol. The van der Waals surface area contributed by atoms with Gasteiger partial charge in [-0.05, 0) is 57.3 Å². The largest absolute Gasteiger partial charge is 0.504 e. The molecule has 0 aromatic rings. The maximum atomic E-state index is 12.3. The van der Waals surface area contributed by atoms with Crippen molar-refractivity contribution in [2.24, 2.45) is 11.3 Å². The van der Waals surface area contributed by atoms with Gasteiger partial charge < -0.3 is 9.84 Å². The molecule has 0 bridgehead atoms. The Bertz CT molecular complexity index is 716. The molecule has 0 aromatic heterocycles. The summed E-state index contributed by atoms with van der Waals surface area (Å²) in [6.07, 6.45) is 9.93. The molecular formula is C22H30O4. The second kappa shape index (κ2) is 8.07. The topological polar surface area (TPSA) is 63.6 Å². The van der Waals surface area contributed by atoms with Gasteiger partial charge in [-0.3, -0.25) is 9.59 Å². The molecule has 1 N–H and O–H groups in total. The minimum Gasteiger partial charge on any atom is -0.504 e. The summed E-state index contributed by atoms with van der Waals surface area (Å²) in [5, 5.41) is 9.94. The fourth-order valence-electron chi connectivity index (χ4n) is 3.97. The number of hydrogen-bond acceptors (Lipinski definition) is 4. The summed E-state index contributed by atoms with van der Waals surface area (Å²) in [4.78, 5) is 24.0. The highest BCUT2D eigenvalue weighted by Gasteiger charge is 2.32. The summed E-state index contributed by atoms with van der Waals surface area (Å²) in [6.45, 7) is 8.93. The lowest BCUT2D eigenvalue weighted by Gasteiger charge is -2.38. The Balaban J connectivity index is 2.03. The van der Waals surface area contributed by atoms with E-state index >= 15 is 0 Å². The zero-order chi connectivity index (χ0) is 19.5. The van der Waals surface area contributed by atoms with Crippen molar-refractivity contribution in [2.45, 2.75) is 59.8 Å². The van der Waals surface area contributed by atoms with Crippen LogP contribution in [0.5, 0.6) is 0 Å². The summed E-state index contributed by atoms with van der Waals surface area (Å²) in [7, 11) is 1.35. The second-order valence-corrected chi connectivity index (χ2v) is 8.05. The molecule has 0 aliphatic heterocycles. The lowest BCUT2D eigenvalue weighted by atomic mass is 9.67. The van der Waals surface area contributed by atoms with Crippen molar-refractivity contribution in [1.82, 2.24) is 0 Å². The SMILES string of the molecule is COC1=CC(=O)C(O)=C(CC=C(C)CCC2C(C)=CCCC2(C)C)C1=O. The Hall–Kier alpha value is -2.10. The molecule has 2 aliphatic rings. The molecule has 142 valence electrons. The molecule has 26 heavy (non-hydrogen) atoms. The molecule has 0 fully saturated rings. The van der Waals surface area contributed by atoms with Gasteiger partial charge in [-0.15, -0.1) is 0 Å². The van der Waals surface area contributed by atoms with Crippen molar-refractivity contribution in [3.05, 3.63) is 46.5 Å².